The van der Waals surface area contributed by atoms with Gasteiger partial charge in [-0.1, -0.05) is 0 Å². The van der Waals surface area contributed by atoms with Crippen LogP contribution in [-0.4, -0.2) is 65.5 Å². The summed E-state index contributed by atoms with van der Waals surface area (Å²) >= 11 is 0. The lowest BCUT2D eigenvalue weighted by Gasteiger charge is -2.23. The van der Waals surface area contributed by atoms with Crippen molar-refractivity contribution in [2.45, 2.75) is 19.4 Å². The first-order chi connectivity index (χ1) is 7.90. The van der Waals surface area contributed by atoms with Crippen LogP contribution in [-0.2, 0) is 9.59 Å². The predicted molar refractivity (Wildman–Crippen MR) is 59.5 cm³/mol. The molecular formula is C10H17N3O4. The topological polar surface area (TPSA) is 90.0 Å². The minimum atomic E-state index is -1.04. The highest BCUT2D eigenvalue weighted by molar-refractivity contribution is 5.80. The predicted octanol–water partition coefficient (Wildman–Crippen LogP) is -0.667. The van der Waals surface area contributed by atoms with Gasteiger partial charge in [0, 0.05) is 33.1 Å². The Kier molecular flexibility index (Phi) is 4.30. The van der Waals surface area contributed by atoms with Gasteiger partial charge in [-0.2, -0.15) is 0 Å². The number of nitrogens with zero attached hydrogens (tertiary/aromatic N) is 2. The summed E-state index contributed by atoms with van der Waals surface area (Å²) in [6.07, 6.45) is 0.701. The molecule has 0 bridgehead atoms. The Morgan fingerprint density at radius 2 is 2.12 bits per heavy atom. The normalized spacial score (nSPS) is 18.9. The van der Waals surface area contributed by atoms with Gasteiger partial charge < -0.3 is 20.2 Å². The van der Waals surface area contributed by atoms with Gasteiger partial charge in [-0.3, -0.25) is 9.59 Å². The highest BCUT2D eigenvalue weighted by Gasteiger charge is 2.28. The van der Waals surface area contributed by atoms with Gasteiger partial charge in [0.2, 0.25) is 5.91 Å². The quantitative estimate of drug-likeness (QED) is 0.688. The highest BCUT2D eigenvalue weighted by Crippen LogP contribution is 2.11. The van der Waals surface area contributed by atoms with Crippen molar-refractivity contribution < 1.29 is 19.5 Å². The average Bonchev–Trinajstić information content (AvgIpc) is 2.62. The van der Waals surface area contributed by atoms with Crippen LogP contribution in [0.4, 0.5) is 4.79 Å². The van der Waals surface area contributed by atoms with Gasteiger partial charge in [0.15, 0.2) is 0 Å². The first-order valence-corrected chi connectivity index (χ1v) is 5.39. The third-order valence-electron chi connectivity index (χ3n) is 2.57. The summed E-state index contributed by atoms with van der Waals surface area (Å²) in [5.74, 6) is -1.17. The number of likely N-dealkylation sites (tertiary alicyclic amines) is 1. The van der Waals surface area contributed by atoms with Crippen LogP contribution in [0.1, 0.15) is 13.3 Å². The second kappa shape index (κ2) is 5.51. The van der Waals surface area contributed by atoms with Crippen molar-refractivity contribution in [3.05, 3.63) is 0 Å². The molecule has 7 nitrogen and oxygen atoms in total. The van der Waals surface area contributed by atoms with Crippen molar-refractivity contribution in [1.29, 1.82) is 0 Å². The van der Waals surface area contributed by atoms with E-state index in [-0.39, 0.29) is 24.5 Å². The van der Waals surface area contributed by atoms with Crippen LogP contribution in [0.15, 0.2) is 0 Å². The fourth-order valence-corrected chi connectivity index (χ4v) is 1.85. The first-order valence-electron chi connectivity index (χ1n) is 5.39. The summed E-state index contributed by atoms with van der Waals surface area (Å²) in [6, 6.07) is -0.352. The zero-order valence-electron chi connectivity index (χ0n) is 9.97. The van der Waals surface area contributed by atoms with Crippen LogP contribution in [0.2, 0.25) is 0 Å². The lowest BCUT2D eigenvalue weighted by Crippen LogP contribution is -2.44. The standard InChI is InChI=1S/C10H17N3O4/c1-7(14)11-8-3-4-13(5-8)10(17)12(2)6-9(15)16/h8H,3-6H2,1-2H3,(H,11,14)(H,15,16). The smallest absolute Gasteiger partial charge is 0.323 e. The van der Waals surface area contributed by atoms with E-state index >= 15 is 0 Å². The van der Waals surface area contributed by atoms with Crippen molar-refractivity contribution >= 4 is 17.9 Å². The third kappa shape index (κ3) is 3.93. The number of urea groups is 1. The second-order valence-corrected chi connectivity index (χ2v) is 4.16. The molecule has 0 aromatic carbocycles. The first kappa shape index (κ1) is 13.3. The molecule has 0 saturated carbocycles. The molecule has 1 atom stereocenters. The molecule has 0 aliphatic carbocycles. The van der Waals surface area contributed by atoms with E-state index in [0.29, 0.717) is 19.5 Å². The SMILES string of the molecule is CC(=O)NC1CCN(C(=O)N(C)CC(=O)O)C1. The number of hydrogen-bond donors (Lipinski definition) is 2. The summed E-state index contributed by atoms with van der Waals surface area (Å²) in [5.41, 5.74) is 0. The number of carbonyl (C=O) groups is 3. The molecule has 17 heavy (non-hydrogen) atoms. The van der Waals surface area contributed by atoms with Crippen molar-refractivity contribution in [2.75, 3.05) is 26.7 Å². The summed E-state index contributed by atoms with van der Waals surface area (Å²) in [7, 11) is 1.45. The number of rotatable bonds is 3. The Hall–Kier alpha value is -1.79. The monoisotopic (exact) mass is 243 g/mol. The fraction of sp³-hybridized carbons (Fsp3) is 0.700. The highest BCUT2D eigenvalue weighted by atomic mass is 16.4. The Morgan fingerprint density at radius 3 is 2.65 bits per heavy atom. The van der Waals surface area contributed by atoms with Gasteiger partial charge in [0.1, 0.15) is 6.54 Å². The number of aliphatic carboxylic acids is 1. The molecule has 0 spiro atoms. The molecule has 1 aliphatic heterocycles. The molecule has 1 saturated heterocycles. The number of carboxylic acids is 1. The zero-order chi connectivity index (χ0) is 13.0. The van der Waals surface area contributed by atoms with Gasteiger partial charge in [-0.15, -0.1) is 0 Å². The summed E-state index contributed by atoms with van der Waals surface area (Å²) < 4.78 is 0. The zero-order valence-corrected chi connectivity index (χ0v) is 9.97. The van der Waals surface area contributed by atoms with Gasteiger partial charge >= 0.3 is 12.0 Å². The van der Waals surface area contributed by atoms with Crippen LogP contribution in [0, 0.1) is 0 Å². The van der Waals surface area contributed by atoms with Crippen LogP contribution < -0.4 is 5.32 Å². The molecule has 0 aromatic heterocycles. The van der Waals surface area contributed by atoms with Crippen molar-refractivity contribution in [3.63, 3.8) is 0 Å². The molecule has 3 amide bonds. The lowest BCUT2D eigenvalue weighted by molar-refractivity contribution is -0.137. The third-order valence-corrected chi connectivity index (χ3v) is 2.57. The van der Waals surface area contributed by atoms with E-state index in [1.807, 2.05) is 0 Å². The van der Waals surface area contributed by atoms with E-state index in [0.717, 1.165) is 4.90 Å². The van der Waals surface area contributed by atoms with E-state index in [4.69, 9.17) is 5.11 Å². The number of hydrogen-bond acceptors (Lipinski definition) is 3. The molecule has 2 N–H and O–H groups in total. The van der Waals surface area contributed by atoms with Crippen LogP contribution in [0.3, 0.4) is 0 Å². The number of carbonyl (C=O) groups excluding carboxylic acids is 2. The Labute approximate surface area is 99.4 Å². The maximum Gasteiger partial charge on any atom is 0.323 e. The van der Waals surface area contributed by atoms with E-state index < -0.39 is 5.97 Å². The minimum absolute atomic E-state index is 0.0327. The number of likely N-dealkylation sites (N-methyl/N-ethyl adjacent to an activating group) is 1. The van der Waals surface area contributed by atoms with Gasteiger partial charge in [0.25, 0.3) is 0 Å². The van der Waals surface area contributed by atoms with Gasteiger partial charge in [0.05, 0.1) is 0 Å². The molecule has 0 radical (unpaired) electrons. The average molecular weight is 243 g/mol. The van der Waals surface area contributed by atoms with Crippen molar-refractivity contribution in [3.8, 4) is 0 Å². The second-order valence-electron chi connectivity index (χ2n) is 4.16. The van der Waals surface area contributed by atoms with Gasteiger partial charge in [-0.25, -0.2) is 4.79 Å². The van der Waals surface area contributed by atoms with E-state index in [2.05, 4.69) is 5.32 Å². The fourth-order valence-electron chi connectivity index (χ4n) is 1.85. The molecule has 1 fully saturated rings. The minimum Gasteiger partial charge on any atom is -0.480 e. The number of carboxylic acid groups (broad SMARTS) is 1. The largest absolute Gasteiger partial charge is 0.480 e. The molecular weight excluding hydrogens is 226 g/mol. The Morgan fingerprint density at radius 1 is 1.47 bits per heavy atom. The summed E-state index contributed by atoms with van der Waals surface area (Å²) in [6.45, 7) is 2.08. The van der Waals surface area contributed by atoms with E-state index in [1.54, 1.807) is 4.90 Å². The van der Waals surface area contributed by atoms with E-state index in [9.17, 15) is 14.4 Å². The maximum absolute atomic E-state index is 11.8. The maximum atomic E-state index is 11.8. The number of nitrogens with one attached hydrogen (secondary N) is 1. The van der Waals surface area contributed by atoms with Crippen LogP contribution in [0.5, 0.6) is 0 Å². The van der Waals surface area contributed by atoms with Crippen molar-refractivity contribution in [1.82, 2.24) is 15.1 Å². The van der Waals surface area contributed by atoms with Crippen LogP contribution in [0.25, 0.3) is 0 Å². The summed E-state index contributed by atoms with van der Waals surface area (Å²) in [4.78, 5) is 35.8. The molecule has 7 heteroatoms. The van der Waals surface area contributed by atoms with Crippen molar-refractivity contribution in [2.24, 2.45) is 0 Å². The van der Waals surface area contributed by atoms with Gasteiger partial charge in [-0.05, 0) is 6.42 Å². The molecule has 96 valence electrons. The van der Waals surface area contributed by atoms with E-state index in [1.165, 1.54) is 14.0 Å². The molecule has 1 heterocycles. The molecule has 0 aromatic rings. The molecule has 1 rings (SSSR count). The molecule has 1 unspecified atom stereocenters. The Bertz CT molecular complexity index is 332. The Balaban J connectivity index is 2.44. The summed E-state index contributed by atoms with van der Waals surface area (Å²) in [5, 5.41) is 11.3. The number of amides is 3. The molecule has 1 aliphatic rings. The van der Waals surface area contributed by atoms with Crippen LogP contribution >= 0.6 is 0 Å². The lowest BCUT2D eigenvalue weighted by atomic mass is 10.3.